The summed E-state index contributed by atoms with van der Waals surface area (Å²) in [7, 11) is 7.34. The molecule has 0 bridgehead atoms. The molecule has 54 heavy (non-hydrogen) atoms. The molecule has 292 valence electrons. The van der Waals surface area contributed by atoms with Crippen LogP contribution in [0.25, 0.3) is 11.0 Å². The maximum Gasteiger partial charge on any atom is 0.202 e. The number of benzene rings is 2. The lowest BCUT2D eigenvalue weighted by molar-refractivity contribution is -0.176. The Morgan fingerprint density at radius 3 is 2.20 bits per heavy atom. The van der Waals surface area contributed by atoms with Crippen LogP contribution in [0, 0.1) is 6.92 Å². The zero-order valence-electron chi connectivity index (χ0n) is 32.5. The largest absolute Gasteiger partial charge is 0.507 e. The van der Waals surface area contributed by atoms with Crippen molar-refractivity contribution in [3.05, 3.63) is 85.3 Å². The number of phenolic OH excluding ortho intramolecular Hbond substituents is 1. The maximum absolute atomic E-state index is 15.0. The number of ketones is 2. The van der Waals surface area contributed by atoms with Gasteiger partial charge in [-0.25, -0.2) is 0 Å². The molecule has 2 fully saturated rings. The first-order valence-electron chi connectivity index (χ1n) is 18.3. The number of phenols is 1. The smallest absolute Gasteiger partial charge is 0.202 e. The van der Waals surface area contributed by atoms with Crippen LogP contribution in [0.2, 0.25) is 0 Å². The molecule has 2 saturated heterocycles. The molecule has 13 heteroatoms. The molecule has 5 N–H and O–H groups in total. The summed E-state index contributed by atoms with van der Waals surface area (Å²) in [5.74, 6) is -2.24. The minimum atomic E-state index is -2.10. The lowest BCUT2D eigenvalue weighted by atomic mass is 9.74. The zero-order valence-corrected chi connectivity index (χ0v) is 32.5. The molecular weight excluding hydrogens is 696 g/mol. The van der Waals surface area contributed by atoms with Crippen LogP contribution in [0.3, 0.4) is 0 Å². The maximum atomic E-state index is 15.0. The van der Waals surface area contributed by atoms with Crippen LogP contribution < -0.4 is 5.43 Å². The SMILES string of the molecule is CC=C[C@H](O)[C@](C)(O)c1cc(=O)c2c(C)cc3c(c2o1)C(=O)c1c(O)c([C@H]2C[C@@](C)(N(C)C)[C@H](O)[C@@H](C)O2)cc([C@H]2C[C@H](N(C)C)[C@@H](O)[C@@H](C)O2)c1C3=O. The molecule has 0 saturated carbocycles. The van der Waals surface area contributed by atoms with Crippen molar-refractivity contribution in [2.45, 2.75) is 114 Å². The number of nitrogens with zero attached hydrogens (tertiary/aromatic N) is 2. The number of aliphatic hydroxyl groups excluding tert-OH is 3. The average Bonchev–Trinajstić information content (AvgIpc) is 3.09. The predicted molar refractivity (Wildman–Crippen MR) is 200 cm³/mol. The van der Waals surface area contributed by atoms with Gasteiger partial charge < -0.3 is 49.2 Å². The van der Waals surface area contributed by atoms with Crippen molar-refractivity contribution in [3.8, 4) is 5.75 Å². The molecule has 3 aliphatic rings. The van der Waals surface area contributed by atoms with E-state index >= 15 is 4.79 Å². The fourth-order valence-electron chi connectivity index (χ4n) is 8.43. The number of rotatable bonds is 7. The predicted octanol–water partition coefficient (Wildman–Crippen LogP) is 3.40. The third kappa shape index (κ3) is 6.15. The third-order valence-corrected chi connectivity index (χ3v) is 12.1. The highest BCUT2D eigenvalue weighted by Gasteiger charge is 2.49. The molecule has 0 unspecified atom stereocenters. The molecule has 0 radical (unpaired) electrons. The first-order chi connectivity index (χ1) is 25.2. The van der Waals surface area contributed by atoms with Crippen LogP contribution in [-0.2, 0) is 15.1 Å². The number of fused-ring (bicyclic) bond motifs is 4. The molecule has 2 aromatic carbocycles. The number of ether oxygens (including phenoxy) is 2. The van der Waals surface area contributed by atoms with Gasteiger partial charge in [0.05, 0.1) is 53.1 Å². The number of aromatic hydroxyl groups is 1. The van der Waals surface area contributed by atoms with Crippen molar-refractivity contribution in [2.24, 2.45) is 0 Å². The number of carbonyl (C=O) groups excluding carboxylic acids is 2. The van der Waals surface area contributed by atoms with Crippen molar-refractivity contribution in [1.82, 2.24) is 9.80 Å². The lowest BCUT2D eigenvalue weighted by Crippen LogP contribution is -2.59. The minimum Gasteiger partial charge on any atom is -0.507 e. The van der Waals surface area contributed by atoms with Crippen molar-refractivity contribution in [1.29, 1.82) is 0 Å². The van der Waals surface area contributed by atoms with E-state index in [9.17, 15) is 35.1 Å². The van der Waals surface area contributed by atoms with E-state index < -0.39 is 76.6 Å². The molecular formula is C41H52N2O11. The summed E-state index contributed by atoms with van der Waals surface area (Å²) in [5, 5.41) is 56.6. The van der Waals surface area contributed by atoms with Gasteiger partial charge in [0, 0.05) is 34.3 Å². The molecule has 13 nitrogen and oxygen atoms in total. The number of hydrogen-bond donors (Lipinski definition) is 5. The van der Waals surface area contributed by atoms with Crippen LogP contribution in [0.5, 0.6) is 5.75 Å². The van der Waals surface area contributed by atoms with Gasteiger partial charge in [-0.05, 0) is 106 Å². The number of allylic oxidation sites excluding steroid dienone is 1. The van der Waals surface area contributed by atoms with Crippen molar-refractivity contribution in [2.75, 3.05) is 28.2 Å². The summed E-state index contributed by atoms with van der Waals surface area (Å²) in [4.78, 5) is 47.4. The van der Waals surface area contributed by atoms with Gasteiger partial charge in [-0.1, -0.05) is 12.2 Å². The first kappa shape index (κ1) is 39.9. The Morgan fingerprint density at radius 2 is 1.59 bits per heavy atom. The standard InChI is InChI=1S/C41H52N2O11/c1-11-12-28(45)41(6,51)29-16-25(44)30-18(2)13-23-32(38(30)54-29)37(49)33-31(36(23)48)21(26-15-24(42(7)8)34(46)19(3)52-26)14-22(35(33)47)27-17-40(5,43(9)10)39(50)20(4)53-27/h11-14,16,19-20,24,26-28,34,39,45-47,50-51H,15,17H2,1-10H3/t19-,20-,24+,26-,27-,28+,34+,39-,40-,41+/m1/s1. The Bertz CT molecular complexity index is 2100. The molecule has 0 amide bonds. The Kier molecular flexibility index (Phi) is 10.4. The molecule has 0 spiro atoms. The van der Waals surface area contributed by atoms with Crippen LogP contribution in [0.15, 0.2) is 39.6 Å². The summed E-state index contributed by atoms with van der Waals surface area (Å²) >= 11 is 0. The second-order valence-corrected chi connectivity index (χ2v) is 16.0. The summed E-state index contributed by atoms with van der Waals surface area (Å²) < 4.78 is 18.9. The van der Waals surface area contributed by atoms with Gasteiger partial charge in [0.25, 0.3) is 0 Å². The second kappa shape index (κ2) is 14.1. The number of aryl methyl sites for hydroxylation is 1. The summed E-state index contributed by atoms with van der Waals surface area (Å²) in [6.45, 7) is 9.87. The van der Waals surface area contributed by atoms with E-state index in [0.29, 0.717) is 11.1 Å². The van der Waals surface area contributed by atoms with E-state index in [4.69, 9.17) is 13.9 Å². The van der Waals surface area contributed by atoms with Crippen LogP contribution in [0.1, 0.15) is 114 Å². The van der Waals surface area contributed by atoms with Crippen molar-refractivity contribution in [3.63, 3.8) is 0 Å². The Labute approximate surface area is 314 Å². The Hall–Kier alpha value is -3.79. The third-order valence-electron chi connectivity index (χ3n) is 12.1. The van der Waals surface area contributed by atoms with Gasteiger partial charge in [-0.15, -0.1) is 0 Å². The highest BCUT2D eigenvalue weighted by Crippen LogP contribution is 2.49. The molecule has 10 atom stereocenters. The summed E-state index contributed by atoms with van der Waals surface area (Å²) in [6.07, 6.45) is -2.90. The quantitative estimate of drug-likeness (QED) is 0.173. The lowest BCUT2D eigenvalue weighted by Gasteiger charge is -2.49. The molecule has 3 heterocycles. The van der Waals surface area contributed by atoms with E-state index in [2.05, 4.69) is 0 Å². The number of carbonyl (C=O) groups is 2. The van der Waals surface area contributed by atoms with Gasteiger partial charge in [0.2, 0.25) is 5.78 Å². The number of hydrogen-bond acceptors (Lipinski definition) is 13. The second-order valence-electron chi connectivity index (χ2n) is 16.0. The minimum absolute atomic E-state index is 0.00159. The first-order valence-corrected chi connectivity index (χ1v) is 18.3. The van der Waals surface area contributed by atoms with E-state index in [1.807, 2.05) is 44.9 Å². The molecule has 1 aromatic heterocycles. The summed E-state index contributed by atoms with van der Waals surface area (Å²) in [5.41, 5.74) is -3.64. The molecule has 1 aliphatic carbocycles. The van der Waals surface area contributed by atoms with E-state index in [0.717, 1.165) is 6.07 Å². The van der Waals surface area contributed by atoms with Gasteiger partial charge in [0.1, 0.15) is 28.8 Å². The van der Waals surface area contributed by atoms with Crippen molar-refractivity contribution < 1.29 is 49.0 Å². The normalized spacial score (nSPS) is 30.6. The fraction of sp³-hybridized carbons (Fsp3) is 0.537. The molecule has 3 aromatic rings. The van der Waals surface area contributed by atoms with Gasteiger partial charge >= 0.3 is 0 Å². The van der Waals surface area contributed by atoms with Gasteiger partial charge in [-0.3, -0.25) is 14.4 Å². The Balaban J connectivity index is 1.64. The van der Waals surface area contributed by atoms with Gasteiger partial charge in [-0.2, -0.15) is 0 Å². The van der Waals surface area contributed by atoms with Crippen LogP contribution >= 0.6 is 0 Å². The molecule has 2 aliphatic heterocycles. The van der Waals surface area contributed by atoms with Gasteiger partial charge in [0.15, 0.2) is 11.2 Å². The topological polar surface area (TPSA) is 190 Å². The summed E-state index contributed by atoms with van der Waals surface area (Å²) in [6, 6.07) is 3.77. The highest BCUT2D eigenvalue weighted by molar-refractivity contribution is 6.33. The van der Waals surface area contributed by atoms with E-state index in [1.54, 1.807) is 33.8 Å². The zero-order chi connectivity index (χ0) is 39.9. The number of aliphatic hydroxyl groups is 4. The monoisotopic (exact) mass is 748 g/mol. The van der Waals surface area contributed by atoms with E-state index in [1.165, 1.54) is 25.1 Å². The average molecular weight is 749 g/mol. The fourth-order valence-corrected chi connectivity index (χ4v) is 8.43. The van der Waals surface area contributed by atoms with Crippen LogP contribution in [0.4, 0.5) is 0 Å². The molecule has 6 rings (SSSR count). The number of likely N-dealkylation sites (N-methyl/N-ethyl adjacent to an activating group) is 2. The highest BCUT2D eigenvalue weighted by atomic mass is 16.5. The van der Waals surface area contributed by atoms with Crippen molar-refractivity contribution >= 4 is 22.5 Å². The van der Waals surface area contributed by atoms with Crippen LogP contribution in [-0.4, -0.2) is 117 Å². The Morgan fingerprint density at radius 1 is 0.944 bits per heavy atom. The van der Waals surface area contributed by atoms with E-state index in [-0.39, 0.29) is 63.4 Å².